The molecule has 0 heterocycles. The zero-order valence-electron chi connectivity index (χ0n) is 7.77. The van der Waals surface area contributed by atoms with E-state index in [2.05, 4.69) is 25.5 Å². The van der Waals surface area contributed by atoms with E-state index in [-0.39, 0.29) is 0 Å². The minimum atomic E-state index is 0.840. The third-order valence-electron chi connectivity index (χ3n) is 2.47. The van der Waals surface area contributed by atoms with Crippen LogP contribution in [0.25, 0.3) is 0 Å². The van der Waals surface area contributed by atoms with Crippen LogP contribution in [0.3, 0.4) is 0 Å². The Morgan fingerprint density at radius 1 is 1.45 bits per heavy atom. The van der Waals surface area contributed by atoms with E-state index in [4.69, 9.17) is 0 Å². The van der Waals surface area contributed by atoms with Gasteiger partial charge < -0.3 is 0 Å². The first-order chi connectivity index (χ1) is 5.20. The molecule has 11 heavy (non-hydrogen) atoms. The first-order valence-corrected chi connectivity index (χ1v) is 4.55. The van der Waals surface area contributed by atoms with Gasteiger partial charge in [-0.1, -0.05) is 25.0 Å². The molecule has 0 amide bonds. The summed E-state index contributed by atoms with van der Waals surface area (Å²) in [6, 6.07) is 0.840. The fraction of sp³-hybridized carbons (Fsp3) is 0.800. The molecule has 0 atom stereocenters. The summed E-state index contributed by atoms with van der Waals surface area (Å²) >= 11 is 0. The highest BCUT2D eigenvalue weighted by atomic mass is 15.1. The molecule has 64 valence electrons. The summed E-state index contributed by atoms with van der Waals surface area (Å²) in [4.78, 5) is 2.44. The van der Waals surface area contributed by atoms with Gasteiger partial charge in [-0.2, -0.15) is 0 Å². The first-order valence-electron chi connectivity index (χ1n) is 4.55. The molecule has 0 aromatic rings. The van der Waals surface area contributed by atoms with Crippen LogP contribution < -0.4 is 0 Å². The summed E-state index contributed by atoms with van der Waals surface area (Å²) in [5.41, 5.74) is 1.28. The number of nitrogens with zero attached hydrogens (tertiary/aromatic N) is 1. The fourth-order valence-electron chi connectivity index (χ4n) is 1.90. The molecule has 0 aromatic heterocycles. The van der Waals surface area contributed by atoms with Crippen molar-refractivity contribution in [2.75, 3.05) is 13.6 Å². The topological polar surface area (TPSA) is 3.24 Å². The summed E-state index contributed by atoms with van der Waals surface area (Å²) in [7, 11) is 2.21. The van der Waals surface area contributed by atoms with E-state index < -0.39 is 0 Å². The van der Waals surface area contributed by atoms with Gasteiger partial charge in [0.25, 0.3) is 0 Å². The molecule has 1 rings (SSSR count). The van der Waals surface area contributed by atoms with E-state index in [1.54, 1.807) is 0 Å². The normalized spacial score (nSPS) is 19.5. The summed E-state index contributed by atoms with van der Waals surface area (Å²) in [5, 5.41) is 0. The molecule has 0 aliphatic heterocycles. The van der Waals surface area contributed by atoms with Crippen molar-refractivity contribution in [2.45, 2.75) is 38.6 Å². The number of likely N-dealkylation sites (N-methyl/N-ethyl adjacent to an activating group) is 1. The monoisotopic (exact) mass is 153 g/mol. The maximum atomic E-state index is 3.92. The predicted octanol–water partition coefficient (Wildman–Crippen LogP) is 2.44. The number of hydrogen-bond acceptors (Lipinski definition) is 1. The first kappa shape index (κ1) is 8.79. The van der Waals surface area contributed by atoms with Gasteiger partial charge in [0.1, 0.15) is 0 Å². The van der Waals surface area contributed by atoms with Crippen LogP contribution in [0.5, 0.6) is 0 Å². The van der Waals surface area contributed by atoms with Crippen LogP contribution in [0.1, 0.15) is 32.6 Å². The number of hydrogen-bond donors (Lipinski definition) is 0. The van der Waals surface area contributed by atoms with Crippen LogP contribution >= 0.6 is 0 Å². The molecule has 1 nitrogen and oxygen atoms in total. The lowest BCUT2D eigenvalue weighted by Gasteiger charge is -2.23. The molecule has 0 aromatic carbocycles. The van der Waals surface area contributed by atoms with E-state index in [1.165, 1.54) is 31.3 Å². The average Bonchev–Trinajstić information content (AvgIpc) is 2.35. The third kappa shape index (κ3) is 2.66. The van der Waals surface area contributed by atoms with Crippen molar-refractivity contribution in [3.8, 4) is 0 Å². The van der Waals surface area contributed by atoms with Crippen LogP contribution in [0, 0.1) is 0 Å². The van der Waals surface area contributed by atoms with E-state index in [9.17, 15) is 0 Å². The highest BCUT2D eigenvalue weighted by Crippen LogP contribution is 2.22. The second kappa shape index (κ2) is 3.91. The Labute approximate surface area is 70.1 Å². The molecule has 1 saturated carbocycles. The van der Waals surface area contributed by atoms with Crippen LogP contribution in [-0.2, 0) is 0 Å². The van der Waals surface area contributed by atoms with Gasteiger partial charge in [-0.3, -0.25) is 4.90 Å². The third-order valence-corrected chi connectivity index (χ3v) is 2.47. The Morgan fingerprint density at radius 2 is 2.00 bits per heavy atom. The van der Waals surface area contributed by atoms with E-state index in [1.807, 2.05) is 0 Å². The summed E-state index contributed by atoms with van der Waals surface area (Å²) in [6.07, 6.45) is 5.63. The molecule has 0 spiro atoms. The Bertz CT molecular complexity index is 134. The zero-order valence-corrected chi connectivity index (χ0v) is 7.77. The van der Waals surface area contributed by atoms with E-state index in [0.29, 0.717) is 0 Å². The Morgan fingerprint density at radius 3 is 2.45 bits per heavy atom. The second-order valence-corrected chi connectivity index (χ2v) is 3.81. The molecular weight excluding hydrogens is 134 g/mol. The summed E-state index contributed by atoms with van der Waals surface area (Å²) in [5.74, 6) is 0. The van der Waals surface area contributed by atoms with Gasteiger partial charge in [-0.25, -0.2) is 0 Å². The Balaban J connectivity index is 2.28. The maximum Gasteiger partial charge on any atom is 0.0187 e. The average molecular weight is 153 g/mol. The summed E-state index contributed by atoms with van der Waals surface area (Å²) < 4.78 is 0. The maximum absolute atomic E-state index is 3.92. The lowest BCUT2D eigenvalue weighted by molar-refractivity contribution is 0.265. The van der Waals surface area contributed by atoms with Crippen molar-refractivity contribution < 1.29 is 0 Å². The lowest BCUT2D eigenvalue weighted by atomic mass is 10.2. The number of rotatable bonds is 3. The minimum absolute atomic E-state index is 0.840. The van der Waals surface area contributed by atoms with Crippen LogP contribution in [-0.4, -0.2) is 24.5 Å². The largest absolute Gasteiger partial charge is 0.300 e. The minimum Gasteiger partial charge on any atom is -0.300 e. The SMILES string of the molecule is C=C(C)CN(C)C1CCCC1. The quantitative estimate of drug-likeness (QED) is 0.563. The van der Waals surface area contributed by atoms with Crippen LogP contribution in [0.4, 0.5) is 0 Å². The predicted molar refractivity (Wildman–Crippen MR) is 49.7 cm³/mol. The molecule has 1 aliphatic rings. The van der Waals surface area contributed by atoms with E-state index >= 15 is 0 Å². The molecule has 0 bridgehead atoms. The fourth-order valence-corrected chi connectivity index (χ4v) is 1.90. The Hall–Kier alpha value is -0.300. The molecule has 1 aliphatic carbocycles. The highest BCUT2D eigenvalue weighted by Gasteiger charge is 2.18. The Kier molecular flexibility index (Phi) is 3.13. The molecule has 0 unspecified atom stereocenters. The summed E-state index contributed by atoms with van der Waals surface area (Å²) in [6.45, 7) is 7.10. The molecule has 1 heteroatoms. The standard InChI is InChI=1S/C10H19N/c1-9(2)8-11(3)10-6-4-5-7-10/h10H,1,4-8H2,2-3H3. The molecule has 0 N–H and O–H groups in total. The van der Waals surface area contributed by atoms with Crippen molar-refractivity contribution in [2.24, 2.45) is 0 Å². The van der Waals surface area contributed by atoms with Gasteiger partial charge in [0.15, 0.2) is 0 Å². The lowest BCUT2D eigenvalue weighted by Crippen LogP contribution is -2.30. The van der Waals surface area contributed by atoms with Gasteiger partial charge in [0.05, 0.1) is 0 Å². The van der Waals surface area contributed by atoms with Crippen LogP contribution in [0.2, 0.25) is 0 Å². The molecular formula is C10H19N. The van der Waals surface area contributed by atoms with Crippen molar-refractivity contribution in [1.82, 2.24) is 4.90 Å². The second-order valence-electron chi connectivity index (χ2n) is 3.81. The molecule has 0 radical (unpaired) electrons. The van der Waals surface area contributed by atoms with Gasteiger partial charge in [-0.15, -0.1) is 0 Å². The van der Waals surface area contributed by atoms with Crippen molar-refractivity contribution >= 4 is 0 Å². The zero-order chi connectivity index (χ0) is 8.27. The van der Waals surface area contributed by atoms with Gasteiger partial charge in [-0.05, 0) is 26.8 Å². The van der Waals surface area contributed by atoms with Crippen molar-refractivity contribution in [3.05, 3.63) is 12.2 Å². The van der Waals surface area contributed by atoms with Crippen molar-refractivity contribution in [1.29, 1.82) is 0 Å². The molecule has 1 fully saturated rings. The molecule has 0 saturated heterocycles. The smallest absolute Gasteiger partial charge is 0.0187 e. The highest BCUT2D eigenvalue weighted by molar-refractivity contribution is 4.93. The van der Waals surface area contributed by atoms with E-state index in [0.717, 1.165) is 12.6 Å². The van der Waals surface area contributed by atoms with Gasteiger partial charge in [0.2, 0.25) is 0 Å². The van der Waals surface area contributed by atoms with Gasteiger partial charge >= 0.3 is 0 Å². The van der Waals surface area contributed by atoms with Gasteiger partial charge in [0, 0.05) is 12.6 Å². The van der Waals surface area contributed by atoms with Crippen LogP contribution in [0.15, 0.2) is 12.2 Å². The van der Waals surface area contributed by atoms with Crippen molar-refractivity contribution in [3.63, 3.8) is 0 Å².